The van der Waals surface area contributed by atoms with E-state index in [1.807, 2.05) is 13.8 Å². The van der Waals surface area contributed by atoms with Gasteiger partial charge in [0.05, 0.1) is 20.3 Å². The van der Waals surface area contributed by atoms with Crippen molar-refractivity contribution in [3.05, 3.63) is 12.2 Å². The lowest BCUT2D eigenvalue weighted by Gasteiger charge is -2.35. The lowest BCUT2D eigenvalue weighted by Crippen LogP contribution is -2.39. The summed E-state index contributed by atoms with van der Waals surface area (Å²) in [5.74, 6) is -0.687. The second-order valence-electron chi connectivity index (χ2n) is 4.19. The molecular formula is C11H18O4. The van der Waals surface area contributed by atoms with Crippen LogP contribution in [0.3, 0.4) is 0 Å². The largest absolute Gasteiger partial charge is 0.466 e. The molecule has 86 valence electrons. The number of esters is 1. The highest BCUT2D eigenvalue weighted by molar-refractivity contribution is 5.87. The minimum Gasteiger partial charge on any atom is -0.466 e. The van der Waals surface area contributed by atoms with E-state index in [2.05, 4.69) is 11.3 Å². The molecule has 0 radical (unpaired) electrons. The van der Waals surface area contributed by atoms with E-state index in [1.54, 1.807) is 0 Å². The summed E-state index contributed by atoms with van der Waals surface area (Å²) < 4.78 is 15.5. The van der Waals surface area contributed by atoms with Crippen LogP contribution in [0.4, 0.5) is 0 Å². The molecule has 1 rings (SSSR count). The molecule has 0 unspecified atom stereocenters. The highest BCUT2D eigenvalue weighted by atomic mass is 16.7. The molecular weight excluding hydrogens is 196 g/mol. The van der Waals surface area contributed by atoms with Crippen LogP contribution in [0.25, 0.3) is 0 Å². The van der Waals surface area contributed by atoms with E-state index in [9.17, 15) is 4.79 Å². The number of rotatable bonds is 3. The lowest BCUT2D eigenvalue weighted by molar-refractivity contribution is -0.261. The molecule has 0 spiro atoms. The Morgan fingerprint density at radius 2 is 2.00 bits per heavy atom. The Morgan fingerprint density at radius 3 is 2.47 bits per heavy atom. The summed E-state index contributed by atoms with van der Waals surface area (Å²) in [6.45, 7) is 8.59. The molecule has 1 aliphatic heterocycles. The Labute approximate surface area is 90.2 Å². The molecule has 0 amide bonds. The zero-order chi connectivity index (χ0) is 11.5. The number of ether oxygens (including phenoxy) is 3. The van der Waals surface area contributed by atoms with Crippen LogP contribution >= 0.6 is 0 Å². The van der Waals surface area contributed by atoms with Crippen LogP contribution in [-0.4, -0.2) is 32.1 Å². The second-order valence-corrected chi connectivity index (χ2v) is 4.19. The van der Waals surface area contributed by atoms with Crippen LogP contribution in [0.5, 0.6) is 0 Å². The van der Waals surface area contributed by atoms with Gasteiger partial charge in [0.1, 0.15) is 0 Å². The third kappa shape index (κ3) is 3.64. The van der Waals surface area contributed by atoms with E-state index in [-0.39, 0.29) is 11.9 Å². The van der Waals surface area contributed by atoms with Gasteiger partial charge in [-0.05, 0) is 20.3 Å². The van der Waals surface area contributed by atoms with Gasteiger partial charge in [0.15, 0.2) is 5.79 Å². The Hall–Kier alpha value is -0.870. The summed E-state index contributed by atoms with van der Waals surface area (Å²) in [6.07, 6.45) is 0.558. The van der Waals surface area contributed by atoms with Crippen LogP contribution in [0.2, 0.25) is 0 Å². The van der Waals surface area contributed by atoms with Gasteiger partial charge < -0.3 is 14.2 Å². The average Bonchev–Trinajstić information content (AvgIpc) is 2.20. The normalized spacial score (nSPS) is 21.0. The van der Waals surface area contributed by atoms with Gasteiger partial charge in [0.2, 0.25) is 0 Å². The van der Waals surface area contributed by atoms with E-state index in [1.165, 1.54) is 7.11 Å². The first-order chi connectivity index (χ1) is 6.94. The summed E-state index contributed by atoms with van der Waals surface area (Å²) in [6, 6.07) is 0. The van der Waals surface area contributed by atoms with E-state index in [0.717, 1.165) is 0 Å². The summed E-state index contributed by atoms with van der Waals surface area (Å²) in [5.41, 5.74) is 0.467. The Kier molecular flexibility index (Phi) is 3.88. The van der Waals surface area contributed by atoms with Crippen molar-refractivity contribution >= 4 is 5.97 Å². The van der Waals surface area contributed by atoms with Crippen molar-refractivity contribution in [3.8, 4) is 0 Å². The molecule has 0 atom stereocenters. The fourth-order valence-electron chi connectivity index (χ4n) is 1.42. The zero-order valence-electron chi connectivity index (χ0n) is 9.54. The maximum absolute atomic E-state index is 11.1. The Morgan fingerprint density at radius 1 is 1.47 bits per heavy atom. The van der Waals surface area contributed by atoms with Crippen molar-refractivity contribution in [3.63, 3.8) is 0 Å². The average molecular weight is 214 g/mol. The second kappa shape index (κ2) is 4.77. The van der Waals surface area contributed by atoms with E-state index >= 15 is 0 Å². The number of carbonyl (C=O) groups excluding carboxylic acids is 1. The first-order valence-corrected chi connectivity index (χ1v) is 4.98. The molecule has 0 saturated carbocycles. The number of hydrogen-bond donors (Lipinski definition) is 0. The quantitative estimate of drug-likeness (QED) is 0.527. The highest BCUT2D eigenvalue weighted by Crippen LogP contribution is 2.24. The van der Waals surface area contributed by atoms with Crippen LogP contribution in [0, 0.1) is 5.92 Å². The molecule has 0 aromatic carbocycles. The summed E-state index contributed by atoms with van der Waals surface area (Å²) in [7, 11) is 1.35. The predicted molar refractivity (Wildman–Crippen MR) is 55.2 cm³/mol. The number of hydrogen-bond acceptors (Lipinski definition) is 4. The molecule has 15 heavy (non-hydrogen) atoms. The topological polar surface area (TPSA) is 44.8 Å². The van der Waals surface area contributed by atoms with Gasteiger partial charge in [0, 0.05) is 11.5 Å². The number of methoxy groups -OCH3 is 1. The molecule has 1 fully saturated rings. The van der Waals surface area contributed by atoms with Crippen molar-refractivity contribution < 1.29 is 19.0 Å². The van der Waals surface area contributed by atoms with Gasteiger partial charge >= 0.3 is 5.97 Å². The third-order valence-electron chi connectivity index (χ3n) is 2.34. The first-order valence-electron chi connectivity index (χ1n) is 4.98. The Bertz CT molecular complexity index is 247. The smallest absolute Gasteiger partial charge is 0.333 e. The van der Waals surface area contributed by atoms with Gasteiger partial charge in [-0.3, -0.25) is 0 Å². The third-order valence-corrected chi connectivity index (χ3v) is 2.34. The first kappa shape index (κ1) is 12.2. The van der Waals surface area contributed by atoms with Crippen molar-refractivity contribution in [1.82, 2.24) is 0 Å². The van der Waals surface area contributed by atoms with Crippen LogP contribution in [-0.2, 0) is 19.0 Å². The van der Waals surface area contributed by atoms with Gasteiger partial charge in [-0.25, -0.2) is 4.79 Å². The summed E-state index contributed by atoms with van der Waals surface area (Å²) in [4.78, 5) is 11.1. The fourth-order valence-corrected chi connectivity index (χ4v) is 1.42. The molecule has 1 saturated heterocycles. The maximum Gasteiger partial charge on any atom is 0.333 e. The van der Waals surface area contributed by atoms with Crippen molar-refractivity contribution in [2.45, 2.75) is 26.1 Å². The van der Waals surface area contributed by atoms with Gasteiger partial charge in [-0.2, -0.15) is 0 Å². The zero-order valence-corrected chi connectivity index (χ0v) is 9.54. The maximum atomic E-state index is 11.1. The van der Waals surface area contributed by atoms with E-state index in [4.69, 9.17) is 9.47 Å². The van der Waals surface area contributed by atoms with Crippen LogP contribution in [0.1, 0.15) is 20.3 Å². The number of carbonyl (C=O) groups is 1. The molecule has 0 aliphatic carbocycles. The van der Waals surface area contributed by atoms with Gasteiger partial charge in [-0.15, -0.1) is 0 Å². The molecule has 0 aromatic heterocycles. The van der Waals surface area contributed by atoms with E-state index < -0.39 is 5.79 Å². The molecule has 4 nitrogen and oxygen atoms in total. The molecule has 0 aromatic rings. The SMILES string of the molecule is C=C(CC1COC(C)(C)OC1)C(=O)OC. The van der Waals surface area contributed by atoms with Crippen molar-refractivity contribution in [2.75, 3.05) is 20.3 Å². The van der Waals surface area contributed by atoms with E-state index in [0.29, 0.717) is 25.2 Å². The summed E-state index contributed by atoms with van der Waals surface area (Å²) in [5, 5.41) is 0. The van der Waals surface area contributed by atoms with Gasteiger partial charge in [-0.1, -0.05) is 6.58 Å². The fraction of sp³-hybridized carbons (Fsp3) is 0.727. The highest BCUT2D eigenvalue weighted by Gasteiger charge is 2.29. The summed E-state index contributed by atoms with van der Waals surface area (Å²) >= 11 is 0. The van der Waals surface area contributed by atoms with Crippen molar-refractivity contribution in [1.29, 1.82) is 0 Å². The van der Waals surface area contributed by atoms with Gasteiger partial charge in [0.25, 0.3) is 0 Å². The monoisotopic (exact) mass is 214 g/mol. The minimum absolute atomic E-state index is 0.185. The van der Waals surface area contributed by atoms with Crippen LogP contribution in [0.15, 0.2) is 12.2 Å². The molecule has 0 bridgehead atoms. The molecule has 0 N–H and O–H groups in total. The Balaban J connectivity index is 2.36. The van der Waals surface area contributed by atoms with Crippen molar-refractivity contribution in [2.24, 2.45) is 5.92 Å². The molecule has 4 heteroatoms. The molecule has 1 aliphatic rings. The standard InChI is InChI=1S/C11H18O4/c1-8(10(12)13-4)5-9-6-14-11(2,3)15-7-9/h9H,1,5-7H2,2-4H3. The molecule has 1 heterocycles. The minimum atomic E-state index is -0.511. The lowest BCUT2D eigenvalue weighted by atomic mass is 10.0. The van der Waals surface area contributed by atoms with Crippen LogP contribution < -0.4 is 0 Å². The predicted octanol–water partition coefficient (Wildman–Crippen LogP) is 1.50.